The Morgan fingerprint density at radius 1 is 0.885 bits per heavy atom. The van der Waals surface area contributed by atoms with Gasteiger partial charge < -0.3 is 0 Å². The Labute approximate surface area is 156 Å². The lowest BCUT2D eigenvalue weighted by Crippen LogP contribution is -2.17. The highest BCUT2D eigenvalue weighted by Gasteiger charge is 2.03. The molecule has 1 nitrogen and oxygen atoms in total. The summed E-state index contributed by atoms with van der Waals surface area (Å²) in [6, 6.07) is 21.4. The second kappa shape index (κ2) is 8.46. The van der Waals surface area contributed by atoms with E-state index in [1.807, 2.05) is 12.2 Å². The second-order valence-electron chi connectivity index (χ2n) is 6.53. The lowest BCUT2D eigenvalue weighted by Gasteiger charge is -2.16. The van der Waals surface area contributed by atoms with Crippen LogP contribution in [0.2, 0.25) is 0 Å². The van der Waals surface area contributed by atoms with E-state index < -0.39 is 0 Å². The Balaban J connectivity index is 1.67. The van der Waals surface area contributed by atoms with Gasteiger partial charge in [0.25, 0.3) is 0 Å². The topological polar surface area (TPSA) is 3.24 Å². The Kier molecular flexibility index (Phi) is 5.83. The molecule has 0 spiro atoms. The highest BCUT2D eigenvalue weighted by Crippen LogP contribution is 2.20. The quantitative estimate of drug-likeness (QED) is 0.490. The molecule has 3 aromatic rings. The molecule has 0 aliphatic carbocycles. The largest absolute Gasteiger partial charge is 0.298 e. The summed E-state index contributed by atoms with van der Waals surface area (Å²) in [4.78, 5) is 2.32. The number of nitrogens with zero attached hydrogens (tertiary/aromatic N) is 1. The van der Waals surface area contributed by atoms with E-state index in [-0.39, 0.29) is 0 Å². The SMILES string of the molecule is C=Cc1ccc(/C=C/CN(C)Cc2cccc3ccccc23)cc1C=C. The lowest BCUT2D eigenvalue weighted by atomic mass is 10.0. The smallest absolute Gasteiger partial charge is 0.0240 e. The van der Waals surface area contributed by atoms with E-state index in [0.29, 0.717) is 0 Å². The summed E-state index contributed by atoms with van der Waals surface area (Å²) in [7, 11) is 2.15. The fourth-order valence-electron chi connectivity index (χ4n) is 3.21. The Morgan fingerprint density at radius 3 is 2.46 bits per heavy atom. The average Bonchev–Trinajstić information content (AvgIpc) is 2.68. The van der Waals surface area contributed by atoms with Crippen LogP contribution in [0.15, 0.2) is 79.9 Å². The molecule has 3 rings (SSSR count). The van der Waals surface area contributed by atoms with Crippen molar-refractivity contribution in [3.63, 3.8) is 0 Å². The van der Waals surface area contributed by atoms with E-state index in [1.54, 1.807) is 0 Å². The van der Waals surface area contributed by atoms with Gasteiger partial charge in [-0.3, -0.25) is 4.90 Å². The second-order valence-corrected chi connectivity index (χ2v) is 6.53. The van der Waals surface area contributed by atoms with Gasteiger partial charge in [-0.15, -0.1) is 0 Å². The molecule has 0 aromatic heterocycles. The fourth-order valence-corrected chi connectivity index (χ4v) is 3.21. The van der Waals surface area contributed by atoms with Crippen molar-refractivity contribution in [1.82, 2.24) is 4.90 Å². The van der Waals surface area contributed by atoms with Gasteiger partial charge in [-0.1, -0.05) is 92.1 Å². The summed E-state index contributed by atoms with van der Waals surface area (Å²) in [6.45, 7) is 9.55. The van der Waals surface area contributed by atoms with Gasteiger partial charge >= 0.3 is 0 Å². The van der Waals surface area contributed by atoms with E-state index in [9.17, 15) is 0 Å². The van der Waals surface area contributed by atoms with E-state index in [1.165, 1.54) is 21.9 Å². The van der Waals surface area contributed by atoms with Crippen molar-refractivity contribution in [2.24, 2.45) is 0 Å². The number of hydrogen-bond acceptors (Lipinski definition) is 1. The van der Waals surface area contributed by atoms with Crippen LogP contribution in [-0.4, -0.2) is 18.5 Å². The maximum atomic E-state index is 3.88. The van der Waals surface area contributed by atoms with Gasteiger partial charge in [0, 0.05) is 13.1 Å². The van der Waals surface area contributed by atoms with Gasteiger partial charge in [-0.25, -0.2) is 0 Å². The van der Waals surface area contributed by atoms with Crippen molar-refractivity contribution in [3.8, 4) is 0 Å². The normalized spacial score (nSPS) is 11.3. The van der Waals surface area contributed by atoms with Crippen LogP contribution in [0, 0.1) is 0 Å². The summed E-state index contributed by atoms with van der Waals surface area (Å²) in [5, 5.41) is 2.63. The third-order valence-corrected chi connectivity index (χ3v) is 4.60. The minimum Gasteiger partial charge on any atom is -0.298 e. The molecular formula is C25H25N. The highest BCUT2D eigenvalue weighted by molar-refractivity contribution is 5.85. The first-order valence-electron chi connectivity index (χ1n) is 8.92. The predicted octanol–water partition coefficient (Wildman–Crippen LogP) is 6.27. The molecule has 0 aliphatic heterocycles. The molecular weight excluding hydrogens is 314 g/mol. The summed E-state index contributed by atoms with van der Waals surface area (Å²) >= 11 is 0. The number of likely N-dealkylation sites (N-methyl/N-ethyl adjacent to an activating group) is 1. The number of fused-ring (bicyclic) bond motifs is 1. The van der Waals surface area contributed by atoms with Crippen molar-refractivity contribution in [3.05, 3.63) is 102 Å². The van der Waals surface area contributed by atoms with Gasteiger partial charge in [0.2, 0.25) is 0 Å². The highest BCUT2D eigenvalue weighted by atomic mass is 15.1. The average molecular weight is 339 g/mol. The zero-order valence-corrected chi connectivity index (χ0v) is 15.4. The fraction of sp³-hybridized carbons (Fsp3) is 0.120. The summed E-state index contributed by atoms with van der Waals surface area (Å²) in [5.41, 5.74) is 4.78. The lowest BCUT2D eigenvalue weighted by molar-refractivity contribution is 0.365. The van der Waals surface area contributed by atoms with Gasteiger partial charge in [0.1, 0.15) is 0 Å². The first kappa shape index (κ1) is 17.9. The molecule has 0 saturated carbocycles. The molecule has 1 heteroatoms. The van der Waals surface area contributed by atoms with Crippen LogP contribution in [0.1, 0.15) is 22.3 Å². The minimum atomic E-state index is 0.899. The zero-order chi connectivity index (χ0) is 18.4. The molecule has 130 valence electrons. The molecule has 0 unspecified atom stereocenters. The van der Waals surface area contributed by atoms with E-state index in [2.05, 4.69) is 97.9 Å². The first-order valence-corrected chi connectivity index (χ1v) is 8.92. The van der Waals surface area contributed by atoms with Crippen LogP contribution in [0.4, 0.5) is 0 Å². The molecule has 0 amide bonds. The van der Waals surface area contributed by atoms with E-state index in [4.69, 9.17) is 0 Å². The van der Waals surface area contributed by atoms with E-state index in [0.717, 1.165) is 24.2 Å². The van der Waals surface area contributed by atoms with Crippen molar-refractivity contribution in [1.29, 1.82) is 0 Å². The molecule has 0 saturated heterocycles. The van der Waals surface area contributed by atoms with Crippen LogP contribution in [0.25, 0.3) is 29.0 Å². The zero-order valence-electron chi connectivity index (χ0n) is 15.4. The van der Waals surface area contributed by atoms with Crippen LogP contribution in [-0.2, 0) is 6.54 Å². The third kappa shape index (κ3) is 4.19. The molecule has 0 N–H and O–H groups in total. The van der Waals surface area contributed by atoms with Crippen molar-refractivity contribution >= 4 is 29.0 Å². The summed E-state index contributed by atoms with van der Waals surface area (Å²) in [6.07, 6.45) is 8.11. The maximum absolute atomic E-state index is 3.88. The Morgan fingerprint density at radius 2 is 1.65 bits per heavy atom. The van der Waals surface area contributed by atoms with Gasteiger partial charge in [0.15, 0.2) is 0 Å². The van der Waals surface area contributed by atoms with Crippen LogP contribution >= 0.6 is 0 Å². The van der Waals surface area contributed by atoms with E-state index >= 15 is 0 Å². The molecule has 0 aliphatic rings. The predicted molar refractivity (Wildman–Crippen MR) is 116 cm³/mol. The molecule has 3 aromatic carbocycles. The van der Waals surface area contributed by atoms with Gasteiger partial charge in [-0.2, -0.15) is 0 Å². The van der Waals surface area contributed by atoms with Crippen LogP contribution in [0.3, 0.4) is 0 Å². The Bertz CT molecular complexity index is 944. The molecule has 0 radical (unpaired) electrons. The van der Waals surface area contributed by atoms with Crippen LogP contribution < -0.4 is 0 Å². The van der Waals surface area contributed by atoms with Crippen LogP contribution in [0.5, 0.6) is 0 Å². The third-order valence-electron chi connectivity index (χ3n) is 4.60. The maximum Gasteiger partial charge on any atom is 0.0240 e. The molecule has 26 heavy (non-hydrogen) atoms. The van der Waals surface area contributed by atoms with Gasteiger partial charge in [-0.05, 0) is 46.1 Å². The van der Waals surface area contributed by atoms with Gasteiger partial charge in [0.05, 0.1) is 0 Å². The molecule has 0 bridgehead atoms. The molecule has 0 fully saturated rings. The monoisotopic (exact) mass is 339 g/mol. The minimum absolute atomic E-state index is 0.899. The summed E-state index contributed by atoms with van der Waals surface area (Å²) in [5.74, 6) is 0. The first-order chi connectivity index (χ1) is 12.7. The van der Waals surface area contributed by atoms with Crippen molar-refractivity contribution < 1.29 is 0 Å². The van der Waals surface area contributed by atoms with Crippen molar-refractivity contribution in [2.75, 3.05) is 13.6 Å². The standard InChI is InChI=1S/C25H25N/c1-4-21-16-15-20(18-22(21)5-2)10-9-17-26(3)19-24-13-8-12-23-11-6-7-14-25(23)24/h4-16,18H,1-2,17,19H2,3H3/b10-9+. The number of rotatable bonds is 7. The molecule has 0 heterocycles. The number of benzene rings is 3. The Hall–Kier alpha value is -2.90. The molecule has 0 atom stereocenters. The summed E-state index contributed by atoms with van der Waals surface area (Å²) < 4.78 is 0. The van der Waals surface area contributed by atoms with Crippen molar-refractivity contribution in [2.45, 2.75) is 6.54 Å². The number of hydrogen-bond donors (Lipinski definition) is 0.